The monoisotopic (exact) mass is 525 g/mol. The molecular weight excluding hydrogens is 512 g/mol. The highest BCUT2D eigenvalue weighted by Gasteiger charge is 2.12. The maximum atomic E-state index is 5.28. The lowest BCUT2D eigenvalue weighted by Gasteiger charge is -2.09. The number of fused-ring (bicyclic) bond motifs is 3. The van der Waals surface area contributed by atoms with Crippen LogP contribution in [0.5, 0.6) is 5.75 Å². The lowest BCUT2D eigenvalue weighted by Crippen LogP contribution is -1.94. The first kappa shape index (κ1) is 15.3. The molecule has 0 aliphatic rings. The standard InChI is InChI=1S/C19H13I2NO/c1-23-15-6-4-14(5-7-15)22-18-8-2-12(20)10-16(18)17-11-13(21)3-9-19(17)22/h2-11H,1H3. The average Bonchev–Trinajstić information content (AvgIpc) is 2.88. The van der Waals surface area contributed by atoms with Crippen molar-refractivity contribution < 1.29 is 4.74 Å². The van der Waals surface area contributed by atoms with Crippen LogP contribution in [0, 0.1) is 7.14 Å². The molecule has 0 radical (unpaired) electrons. The summed E-state index contributed by atoms with van der Waals surface area (Å²) in [5, 5.41) is 2.59. The van der Waals surface area contributed by atoms with Gasteiger partial charge in [-0.2, -0.15) is 0 Å². The Morgan fingerprint density at radius 2 is 1.26 bits per heavy atom. The van der Waals surface area contributed by atoms with Gasteiger partial charge in [-0.3, -0.25) is 0 Å². The summed E-state index contributed by atoms with van der Waals surface area (Å²) >= 11 is 4.75. The predicted octanol–water partition coefficient (Wildman–Crippen LogP) is 6.00. The number of benzene rings is 3. The zero-order valence-electron chi connectivity index (χ0n) is 12.4. The third-order valence-corrected chi connectivity index (χ3v) is 5.36. The van der Waals surface area contributed by atoms with Crippen LogP contribution in [0.3, 0.4) is 0 Å². The van der Waals surface area contributed by atoms with E-state index < -0.39 is 0 Å². The summed E-state index contributed by atoms with van der Waals surface area (Å²) in [4.78, 5) is 0. The van der Waals surface area contributed by atoms with Gasteiger partial charge in [0.1, 0.15) is 5.75 Å². The second-order valence-electron chi connectivity index (χ2n) is 5.36. The normalized spacial score (nSPS) is 11.3. The molecule has 1 heterocycles. The van der Waals surface area contributed by atoms with Crippen molar-refractivity contribution in [2.45, 2.75) is 0 Å². The summed E-state index contributed by atoms with van der Waals surface area (Å²) in [6, 6.07) is 21.5. The second kappa shape index (κ2) is 5.98. The number of hydrogen-bond donors (Lipinski definition) is 0. The van der Waals surface area contributed by atoms with Gasteiger partial charge < -0.3 is 9.30 Å². The van der Waals surface area contributed by atoms with Crippen LogP contribution in [-0.2, 0) is 0 Å². The average molecular weight is 525 g/mol. The molecule has 114 valence electrons. The smallest absolute Gasteiger partial charge is 0.119 e. The Bertz CT molecular complexity index is 960. The lowest BCUT2D eigenvalue weighted by atomic mass is 10.2. The molecule has 0 saturated heterocycles. The quantitative estimate of drug-likeness (QED) is 0.293. The maximum absolute atomic E-state index is 5.28. The van der Waals surface area contributed by atoms with Crippen LogP contribution < -0.4 is 4.74 Å². The van der Waals surface area contributed by atoms with Crippen LogP contribution in [0.2, 0.25) is 0 Å². The van der Waals surface area contributed by atoms with Crippen LogP contribution in [0.15, 0.2) is 60.7 Å². The number of hydrogen-bond acceptors (Lipinski definition) is 1. The van der Waals surface area contributed by atoms with Gasteiger partial charge in [0.2, 0.25) is 0 Å². The third-order valence-electron chi connectivity index (χ3n) is 4.02. The molecule has 0 fully saturated rings. The van der Waals surface area contributed by atoms with Gasteiger partial charge in [-0.05, 0) is 106 Å². The molecule has 0 saturated carbocycles. The molecule has 4 aromatic rings. The van der Waals surface area contributed by atoms with Crippen molar-refractivity contribution >= 4 is 67.0 Å². The first-order valence-electron chi connectivity index (χ1n) is 7.21. The van der Waals surface area contributed by atoms with E-state index in [1.54, 1.807) is 7.11 Å². The van der Waals surface area contributed by atoms with E-state index in [9.17, 15) is 0 Å². The molecule has 0 amide bonds. The summed E-state index contributed by atoms with van der Waals surface area (Å²) in [6.07, 6.45) is 0. The minimum Gasteiger partial charge on any atom is -0.497 e. The van der Waals surface area contributed by atoms with E-state index in [-0.39, 0.29) is 0 Å². The first-order valence-corrected chi connectivity index (χ1v) is 9.37. The van der Waals surface area contributed by atoms with Gasteiger partial charge in [-0.25, -0.2) is 0 Å². The van der Waals surface area contributed by atoms with Crippen LogP contribution in [-0.4, -0.2) is 11.7 Å². The van der Waals surface area contributed by atoms with Gasteiger partial charge in [-0.15, -0.1) is 0 Å². The molecule has 0 N–H and O–H groups in total. The Kier molecular flexibility index (Phi) is 3.96. The molecule has 0 aliphatic heterocycles. The molecular formula is C19H13I2NO. The summed E-state index contributed by atoms with van der Waals surface area (Å²) in [7, 11) is 1.69. The van der Waals surface area contributed by atoms with Gasteiger partial charge in [0, 0.05) is 23.6 Å². The van der Waals surface area contributed by atoms with E-state index in [1.807, 2.05) is 12.1 Å². The molecule has 1 aromatic heterocycles. The number of halogens is 2. The maximum Gasteiger partial charge on any atom is 0.119 e. The van der Waals surface area contributed by atoms with Gasteiger partial charge in [0.15, 0.2) is 0 Å². The van der Waals surface area contributed by atoms with Crippen molar-refractivity contribution in [1.29, 1.82) is 0 Å². The van der Waals surface area contributed by atoms with Gasteiger partial charge in [0.05, 0.1) is 18.1 Å². The predicted molar refractivity (Wildman–Crippen MR) is 113 cm³/mol. The third kappa shape index (κ3) is 2.61. The van der Waals surface area contributed by atoms with E-state index in [0.717, 1.165) is 11.4 Å². The number of rotatable bonds is 2. The molecule has 2 nitrogen and oxygen atoms in total. The summed E-state index contributed by atoms with van der Waals surface area (Å²) in [6.45, 7) is 0. The highest BCUT2D eigenvalue weighted by Crippen LogP contribution is 2.34. The highest BCUT2D eigenvalue weighted by atomic mass is 127. The van der Waals surface area contributed by atoms with E-state index in [1.165, 1.54) is 28.9 Å². The van der Waals surface area contributed by atoms with E-state index >= 15 is 0 Å². The van der Waals surface area contributed by atoms with E-state index in [4.69, 9.17) is 4.74 Å². The van der Waals surface area contributed by atoms with Crippen molar-refractivity contribution in [3.63, 3.8) is 0 Å². The van der Waals surface area contributed by atoms with Gasteiger partial charge >= 0.3 is 0 Å². The van der Waals surface area contributed by atoms with Crippen LogP contribution in [0.25, 0.3) is 27.5 Å². The lowest BCUT2D eigenvalue weighted by molar-refractivity contribution is 0.415. The summed E-state index contributed by atoms with van der Waals surface area (Å²) in [5.74, 6) is 0.874. The Balaban J connectivity index is 2.10. The minimum atomic E-state index is 0.874. The van der Waals surface area contributed by atoms with Gasteiger partial charge in [0.25, 0.3) is 0 Å². The van der Waals surface area contributed by atoms with Crippen LogP contribution >= 0.6 is 45.2 Å². The van der Waals surface area contributed by atoms with Crippen molar-refractivity contribution in [3.8, 4) is 11.4 Å². The van der Waals surface area contributed by atoms with Crippen molar-refractivity contribution in [2.24, 2.45) is 0 Å². The topological polar surface area (TPSA) is 14.2 Å². The molecule has 23 heavy (non-hydrogen) atoms. The Hall–Kier alpha value is -1.28. The molecule has 0 bridgehead atoms. The fourth-order valence-corrected chi connectivity index (χ4v) is 3.96. The SMILES string of the molecule is COc1ccc(-n2c3ccc(I)cc3c3cc(I)ccc32)cc1. The van der Waals surface area contributed by atoms with E-state index in [2.05, 4.69) is 98.3 Å². The number of methoxy groups -OCH3 is 1. The molecule has 0 unspecified atom stereocenters. The van der Waals surface area contributed by atoms with Crippen LogP contribution in [0.1, 0.15) is 0 Å². The van der Waals surface area contributed by atoms with Crippen LogP contribution in [0.4, 0.5) is 0 Å². The zero-order chi connectivity index (χ0) is 16.0. The number of aromatic nitrogens is 1. The molecule has 4 heteroatoms. The number of nitrogens with zero attached hydrogens (tertiary/aromatic N) is 1. The number of ether oxygens (including phenoxy) is 1. The highest BCUT2D eigenvalue weighted by molar-refractivity contribution is 14.1. The Morgan fingerprint density at radius 3 is 1.74 bits per heavy atom. The molecule has 0 aliphatic carbocycles. The zero-order valence-corrected chi connectivity index (χ0v) is 16.7. The second-order valence-corrected chi connectivity index (χ2v) is 7.85. The molecule has 4 rings (SSSR count). The minimum absolute atomic E-state index is 0.874. The van der Waals surface area contributed by atoms with E-state index in [0.29, 0.717) is 0 Å². The fraction of sp³-hybridized carbons (Fsp3) is 0.0526. The summed E-state index contributed by atoms with van der Waals surface area (Å²) < 4.78 is 10.1. The summed E-state index contributed by atoms with van der Waals surface area (Å²) in [5.41, 5.74) is 3.60. The molecule has 0 atom stereocenters. The largest absolute Gasteiger partial charge is 0.497 e. The first-order chi connectivity index (χ1) is 11.2. The van der Waals surface area contributed by atoms with Crippen molar-refractivity contribution in [2.75, 3.05) is 7.11 Å². The van der Waals surface area contributed by atoms with Gasteiger partial charge in [-0.1, -0.05) is 0 Å². The Labute approximate surface area is 161 Å². The van der Waals surface area contributed by atoms with Crippen molar-refractivity contribution in [3.05, 3.63) is 67.8 Å². The molecule has 3 aromatic carbocycles. The fourth-order valence-electron chi connectivity index (χ4n) is 2.98. The van der Waals surface area contributed by atoms with Crippen molar-refractivity contribution in [1.82, 2.24) is 4.57 Å². The molecule has 0 spiro atoms. The Morgan fingerprint density at radius 1 is 0.739 bits per heavy atom.